The second kappa shape index (κ2) is 7.63. The Bertz CT molecular complexity index is 961. The number of anilines is 2. The van der Waals surface area contributed by atoms with Crippen LogP contribution in [0.3, 0.4) is 0 Å². The van der Waals surface area contributed by atoms with E-state index >= 15 is 0 Å². The maximum atomic E-state index is 14.4. The number of amides is 1. The van der Waals surface area contributed by atoms with Gasteiger partial charge in [-0.25, -0.2) is 9.87 Å². The molecule has 1 heterocycles. The molecular weight excluding hydrogens is 436 g/mol. The Morgan fingerprint density at radius 1 is 1.21 bits per heavy atom. The maximum Gasteiger partial charge on any atom is 0.286 e. The maximum absolute atomic E-state index is 14.4. The zero-order valence-electron chi connectivity index (χ0n) is 14.7. The summed E-state index contributed by atoms with van der Waals surface area (Å²) in [5.41, 5.74) is 0.669. The minimum absolute atomic E-state index is 0.0446. The van der Waals surface area contributed by atoms with Crippen LogP contribution in [-0.4, -0.2) is 17.0 Å². The Morgan fingerprint density at radius 3 is 2.50 bits per heavy atom. The van der Waals surface area contributed by atoms with Crippen molar-refractivity contribution in [3.63, 3.8) is 0 Å². The van der Waals surface area contributed by atoms with Crippen LogP contribution in [0.4, 0.5) is 20.2 Å². The number of aromatic nitrogens is 1. The van der Waals surface area contributed by atoms with Crippen molar-refractivity contribution >= 4 is 33.2 Å². The number of benzene rings is 1. The largest absolute Gasteiger partial charge is 0.350 e. The van der Waals surface area contributed by atoms with E-state index in [4.69, 9.17) is 4.84 Å². The Morgan fingerprint density at radius 2 is 1.89 bits per heavy atom. The van der Waals surface area contributed by atoms with Crippen molar-refractivity contribution in [3.05, 3.63) is 56.4 Å². The van der Waals surface area contributed by atoms with Crippen molar-refractivity contribution in [2.75, 3.05) is 5.32 Å². The predicted molar refractivity (Wildman–Crippen MR) is 102 cm³/mol. The molecule has 9 heteroatoms. The summed E-state index contributed by atoms with van der Waals surface area (Å²) in [5, 5.41) is 2.51. The molecule has 6 nitrogen and oxygen atoms in total. The summed E-state index contributed by atoms with van der Waals surface area (Å²) in [5.74, 6) is -1.72. The van der Waals surface area contributed by atoms with Gasteiger partial charge in [-0.2, -0.15) is 4.39 Å². The highest BCUT2D eigenvalue weighted by Crippen LogP contribution is 2.45. The van der Waals surface area contributed by atoms with E-state index in [1.165, 1.54) is 12.1 Å². The van der Waals surface area contributed by atoms with E-state index in [-0.39, 0.29) is 17.4 Å². The summed E-state index contributed by atoms with van der Waals surface area (Å²) < 4.78 is 29.1. The molecule has 2 saturated carbocycles. The normalized spacial score (nSPS) is 16.3. The molecule has 0 radical (unpaired) electrons. The van der Waals surface area contributed by atoms with E-state index in [1.54, 1.807) is 6.07 Å². The van der Waals surface area contributed by atoms with E-state index in [0.717, 1.165) is 31.9 Å². The molecule has 0 bridgehead atoms. The Hall–Kier alpha value is -2.26. The fraction of sp³-hybridized carbons (Fsp3) is 0.368. The minimum atomic E-state index is -1.21. The third-order valence-corrected chi connectivity index (χ3v) is 5.43. The zero-order valence-corrected chi connectivity index (χ0v) is 16.3. The Balaban J connectivity index is 1.56. The number of pyridine rings is 1. The van der Waals surface area contributed by atoms with E-state index < -0.39 is 28.8 Å². The lowest BCUT2D eigenvalue weighted by molar-refractivity contribution is -0.0364. The van der Waals surface area contributed by atoms with E-state index in [1.807, 2.05) is 0 Å². The van der Waals surface area contributed by atoms with Crippen LogP contribution in [0.15, 0.2) is 33.7 Å². The van der Waals surface area contributed by atoms with Gasteiger partial charge in [-0.3, -0.25) is 14.4 Å². The van der Waals surface area contributed by atoms with Gasteiger partial charge >= 0.3 is 0 Å². The molecule has 1 amide bonds. The molecule has 0 aliphatic heterocycles. The molecular formula is C19H18BrF2N3O3. The standard InChI is InChI=1S/C19H18BrF2N3O3/c20-11-5-6-14(13(21)7-11)24-16-12(8-23-19(27)15(16)22)18(26)25-28-17(9-1-2-9)10-3-4-10/h5-10,17H,1-4H2,(H,25,26)(H2,23,24,27). The Kier molecular flexibility index (Phi) is 5.20. The fourth-order valence-corrected chi connectivity index (χ4v) is 3.47. The average Bonchev–Trinajstić information content (AvgIpc) is 3.55. The first-order valence-corrected chi connectivity index (χ1v) is 9.82. The summed E-state index contributed by atoms with van der Waals surface area (Å²) in [4.78, 5) is 32.0. The van der Waals surface area contributed by atoms with Crippen molar-refractivity contribution in [1.29, 1.82) is 0 Å². The molecule has 1 aromatic carbocycles. The van der Waals surface area contributed by atoms with Crippen molar-refractivity contribution in [2.24, 2.45) is 11.8 Å². The van der Waals surface area contributed by atoms with Gasteiger partial charge in [0.1, 0.15) is 5.82 Å². The van der Waals surface area contributed by atoms with E-state index in [9.17, 15) is 18.4 Å². The van der Waals surface area contributed by atoms with Crippen LogP contribution in [0.2, 0.25) is 0 Å². The first-order valence-electron chi connectivity index (χ1n) is 9.03. The quantitative estimate of drug-likeness (QED) is 0.553. The van der Waals surface area contributed by atoms with Crippen molar-refractivity contribution in [2.45, 2.75) is 31.8 Å². The van der Waals surface area contributed by atoms with E-state index in [2.05, 4.69) is 31.7 Å². The van der Waals surface area contributed by atoms with Gasteiger partial charge in [-0.1, -0.05) is 15.9 Å². The van der Waals surface area contributed by atoms with Crippen molar-refractivity contribution < 1.29 is 18.4 Å². The number of aromatic amines is 1. The topological polar surface area (TPSA) is 83.2 Å². The van der Waals surface area contributed by atoms with Gasteiger partial charge in [0.05, 0.1) is 23.0 Å². The number of nitrogens with one attached hydrogen (secondary N) is 3. The van der Waals surface area contributed by atoms with Gasteiger partial charge in [0.15, 0.2) is 0 Å². The van der Waals surface area contributed by atoms with Crippen LogP contribution >= 0.6 is 15.9 Å². The Labute approximate surface area is 167 Å². The minimum Gasteiger partial charge on any atom is -0.350 e. The van der Waals surface area contributed by atoms with Crippen molar-refractivity contribution in [1.82, 2.24) is 10.5 Å². The molecule has 0 unspecified atom stereocenters. The molecule has 3 N–H and O–H groups in total. The third-order valence-electron chi connectivity index (χ3n) is 4.93. The molecule has 148 valence electrons. The fourth-order valence-electron chi connectivity index (χ4n) is 3.14. The van der Waals surface area contributed by atoms with Gasteiger partial charge in [0.25, 0.3) is 11.5 Å². The predicted octanol–water partition coefficient (Wildman–Crippen LogP) is 4.01. The van der Waals surface area contributed by atoms with Crippen LogP contribution in [0.1, 0.15) is 36.0 Å². The first-order chi connectivity index (χ1) is 13.4. The number of hydroxylamine groups is 1. The molecule has 0 atom stereocenters. The van der Waals surface area contributed by atoms with Gasteiger partial charge in [-0.15, -0.1) is 0 Å². The summed E-state index contributed by atoms with van der Waals surface area (Å²) in [7, 11) is 0. The lowest BCUT2D eigenvalue weighted by Crippen LogP contribution is -2.33. The lowest BCUT2D eigenvalue weighted by Gasteiger charge is -2.18. The average molecular weight is 454 g/mol. The highest BCUT2D eigenvalue weighted by atomic mass is 79.9. The van der Waals surface area contributed by atoms with Gasteiger partial charge in [-0.05, 0) is 55.7 Å². The highest BCUT2D eigenvalue weighted by molar-refractivity contribution is 9.10. The second-order valence-corrected chi connectivity index (χ2v) is 8.07. The zero-order chi connectivity index (χ0) is 19.8. The number of carbonyl (C=O) groups is 1. The van der Waals surface area contributed by atoms with Crippen LogP contribution < -0.4 is 16.4 Å². The SMILES string of the molecule is O=C(NOC(C1CC1)C1CC1)c1c[nH]c(=O)c(F)c1Nc1ccc(Br)cc1F. The lowest BCUT2D eigenvalue weighted by atomic mass is 10.1. The number of carbonyl (C=O) groups excluding carboxylic acids is 1. The third kappa shape index (κ3) is 4.10. The number of rotatable bonds is 7. The monoisotopic (exact) mass is 453 g/mol. The molecule has 4 rings (SSSR count). The van der Waals surface area contributed by atoms with Crippen LogP contribution in [0.5, 0.6) is 0 Å². The molecule has 2 aliphatic carbocycles. The van der Waals surface area contributed by atoms with Gasteiger partial charge < -0.3 is 10.3 Å². The smallest absolute Gasteiger partial charge is 0.286 e. The van der Waals surface area contributed by atoms with Gasteiger partial charge in [0.2, 0.25) is 5.82 Å². The molecule has 1 aromatic heterocycles. The number of hydrogen-bond acceptors (Lipinski definition) is 4. The molecule has 2 fully saturated rings. The number of H-pyrrole nitrogens is 1. The summed E-state index contributed by atoms with van der Waals surface area (Å²) >= 11 is 3.14. The molecule has 0 spiro atoms. The van der Waals surface area contributed by atoms with E-state index in [0.29, 0.717) is 16.3 Å². The highest BCUT2D eigenvalue weighted by Gasteiger charge is 2.43. The molecule has 2 aromatic rings. The van der Waals surface area contributed by atoms with Crippen LogP contribution in [-0.2, 0) is 4.84 Å². The van der Waals surface area contributed by atoms with Crippen molar-refractivity contribution in [3.8, 4) is 0 Å². The molecule has 0 saturated heterocycles. The summed E-state index contributed by atoms with van der Waals surface area (Å²) in [6, 6.07) is 4.11. The van der Waals surface area contributed by atoms with Crippen LogP contribution in [0, 0.1) is 23.5 Å². The summed E-state index contributed by atoms with van der Waals surface area (Å²) in [6.45, 7) is 0. The second-order valence-electron chi connectivity index (χ2n) is 7.16. The molecule has 28 heavy (non-hydrogen) atoms. The molecule has 2 aliphatic rings. The first kappa shape index (κ1) is 19.1. The summed E-state index contributed by atoms with van der Waals surface area (Å²) in [6.07, 6.45) is 5.31. The van der Waals surface area contributed by atoms with Gasteiger partial charge in [0, 0.05) is 10.7 Å². The number of halogens is 3. The number of hydrogen-bond donors (Lipinski definition) is 3. The van der Waals surface area contributed by atoms with Crippen LogP contribution in [0.25, 0.3) is 0 Å².